The summed E-state index contributed by atoms with van der Waals surface area (Å²) in [5, 5.41) is 0. The molecule has 0 saturated heterocycles. The zero-order chi connectivity index (χ0) is 9.19. The second kappa shape index (κ2) is 3.47. The summed E-state index contributed by atoms with van der Waals surface area (Å²) in [4.78, 5) is 0. The van der Waals surface area contributed by atoms with E-state index in [1.54, 1.807) is 18.2 Å². The minimum atomic E-state index is -4.26. The van der Waals surface area contributed by atoms with E-state index in [1.165, 1.54) is 6.07 Å². The molecule has 0 aliphatic rings. The molecule has 0 aliphatic heterocycles. The van der Waals surface area contributed by atoms with Crippen LogP contribution in [0.15, 0.2) is 28.7 Å². The Kier molecular flexibility index (Phi) is 2.77. The molecule has 1 rings (SSSR count). The Balaban J connectivity index is 2.83. The van der Waals surface area contributed by atoms with Gasteiger partial charge in [-0.15, -0.1) is 0 Å². The van der Waals surface area contributed by atoms with E-state index < -0.39 is 6.18 Å². The third kappa shape index (κ3) is 2.85. The summed E-state index contributed by atoms with van der Waals surface area (Å²) < 4.78 is 36.0. The van der Waals surface area contributed by atoms with Crippen molar-refractivity contribution < 1.29 is 13.2 Å². The van der Waals surface area contributed by atoms with Crippen molar-refractivity contribution in [3.63, 3.8) is 0 Å². The summed E-state index contributed by atoms with van der Waals surface area (Å²) in [6.07, 6.45) is -4.00. The predicted octanol–water partition coefficient (Wildman–Crippen LogP) is 3.56. The fourth-order valence-corrected chi connectivity index (χ4v) is 1.17. The van der Waals surface area contributed by atoms with Gasteiger partial charge in [0.05, 0.1) is 6.42 Å². The van der Waals surface area contributed by atoms with Crippen molar-refractivity contribution in [3.8, 4) is 0 Å². The Morgan fingerprint density at radius 2 is 1.75 bits per heavy atom. The Bertz CT molecular complexity index is 267. The summed E-state index contributed by atoms with van der Waals surface area (Å²) in [7, 11) is 0. The average molecular weight is 238 g/mol. The van der Waals surface area contributed by atoms with Crippen molar-refractivity contribution in [3.05, 3.63) is 40.7 Å². The zero-order valence-electron chi connectivity index (χ0n) is 5.90. The van der Waals surface area contributed by atoms with Gasteiger partial charge < -0.3 is 0 Å². The molecule has 0 unspecified atom stereocenters. The van der Waals surface area contributed by atoms with Crippen LogP contribution in [0.5, 0.6) is 0 Å². The second-order valence-electron chi connectivity index (χ2n) is 2.21. The van der Waals surface area contributed by atoms with E-state index in [0.29, 0.717) is 4.47 Å². The van der Waals surface area contributed by atoms with Crippen LogP contribution < -0.4 is 0 Å². The van der Waals surface area contributed by atoms with Gasteiger partial charge in [0.1, 0.15) is 0 Å². The van der Waals surface area contributed by atoms with E-state index in [0.717, 1.165) is 0 Å². The normalized spacial score (nSPS) is 11.7. The molecule has 65 valence electrons. The molecule has 0 aliphatic carbocycles. The molecule has 4 heteroatoms. The number of alkyl halides is 3. The molecular weight excluding hydrogens is 233 g/mol. The molecule has 0 bridgehead atoms. The second-order valence-corrected chi connectivity index (χ2v) is 3.06. The summed E-state index contributed by atoms with van der Waals surface area (Å²) in [5.74, 6) is 0. The lowest BCUT2D eigenvalue weighted by atomic mass is 10.1. The number of benzene rings is 1. The first-order chi connectivity index (χ1) is 5.49. The number of rotatable bonds is 1. The summed E-state index contributed by atoms with van der Waals surface area (Å²) in [6.45, 7) is 0. The molecule has 1 radical (unpaired) electrons. The Labute approximate surface area is 76.5 Å². The van der Waals surface area contributed by atoms with Crippen LogP contribution in [0.1, 0.15) is 5.56 Å². The van der Waals surface area contributed by atoms with Gasteiger partial charge in [-0.2, -0.15) is 13.2 Å². The minimum absolute atomic E-state index is 0.144. The fourth-order valence-electron chi connectivity index (χ4n) is 0.768. The molecule has 0 fully saturated rings. The molecule has 0 amide bonds. The van der Waals surface area contributed by atoms with Crippen LogP contribution in [0.3, 0.4) is 0 Å². The largest absolute Gasteiger partial charge is 0.396 e. The number of hydrogen-bond donors (Lipinski definition) is 0. The first-order valence-corrected chi connectivity index (χ1v) is 3.95. The van der Waals surface area contributed by atoms with E-state index in [4.69, 9.17) is 0 Å². The molecule has 0 N–H and O–H groups in total. The smallest absolute Gasteiger partial charge is 0.170 e. The van der Waals surface area contributed by atoms with E-state index >= 15 is 0 Å². The van der Waals surface area contributed by atoms with E-state index in [2.05, 4.69) is 15.9 Å². The summed E-state index contributed by atoms with van der Waals surface area (Å²) >= 11 is 3.02. The van der Waals surface area contributed by atoms with Gasteiger partial charge in [-0.3, -0.25) is 0 Å². The topological polar surface area (TPSA) is 0 Å². The minimum Gasteiger partial charge on any atom is -0.170 e. The van der Waals surface area contributed by atoms with Gasteiger partial charge in [0, 0.05) is 4.47 Å². The Morgan fingerprint density at radius 3 is 2.25 bits per heavy atom. The van der Waals surface area contributed by atoms with E-state index in [1.807, 2.05) is 0 Å². The number of hydrogen-bond acceptors (Lipinski definition) is 0. The van der Waals surface area contributed by atoms with Crippen LogP contribution in [0.2, 0.25) is 0 Å². The molecule has 0 heterocycles. The molecule has 0 saturated carbocycles. The SMILES string of the molecule is FC(F)(F)[CH]c1ccccc1Br. The summed E-state index contributed by atoms with van der Waals surface area (Å²) in [5.41, 5.74) is 0.144. The highest BCUT2D eigenvalue weighted by atomic mass is 79.9. The maximum atomic E-state index is 11.8. The van der Waals surface area contributed by atoms with Gasteiger partial charge >= 0.3 is 6.18 Å². The maximum Gasteiger partial charge on any atom is 0.396 e. The van der Waals surface area contributed by atoms with Gasteiger partial charge in [-0.05, 0) is 11.6 Å². The lowest BCUT2D eigenvalue weighted by Gasteiger charge is -2.06. The van der Waals surface area contributed by atoms with Crippen LogP contribution in [0.4, 0.5) is 13.2 Å². The number of halogens is 4. The Hall–Kier alpha value is -0.510. The average Bonchev–Trinajstić information content (AvgIpc) is 1.91. The molecule has 1 aromatic rings. The third-order valence-corrected chi connectivity index (χ3v) is 1.95. The monoisotopic (exact) mass is 237 g/mol. The van der Waals surface area contributed by atoms with Crippen molar-refractivity contribution in [1.29, 1.82) is 0 Å². The quantitative estimate of drug-likeness (QED) is 0.701. The van der Waals surface area contributed by atoms with E-state index in [-0.39, 0.29) is 12.0 Å². The molecule has 0 aromatic heterocycles. The van der Waals surface area contributed by atoms with Gasteiger partial charge in [-0.1, -0.05) is 34.1 Å². The zero-order valence-corrected chi connectivity index (χ0v) is 7.48. The predicted molar refractivity (Wildman–Crippen MR) is 43.6 cm³/mol. The van der Waals surface area contributed by atoms with Crippen LogP contribution in [-0.4, -0.2) is 6.18 Å². The van der Waals surface area contributed by atoms with Crippen molar-refractivity contribution in [2.45, 2.75) is 6.18 Å². The van der Waals surface area contributed by atoms with Crippen LogP contribution in [-0.2, 0) is 0 Å². The van der Waals surface area contributed by atoms with Crippen molar-refractivity contribution in [2.24, 2.45) is 0 Å². The van der Waals surface area contributed by atoms with E-state index in [9.17, 15) is 13.2 Å². The molecule has 0 atom stereocenters. The highest BCUT2D eigenvalue weighted by Gasteiger charge is 2.28. The van der Waals surface area contributed by atoms with Crippen molar-refractivity contribution >= 4 is 15.9 Å². The van der Waals surface area contributed by atoms with Gasteiger partial charge in [0.15, 0.2) is 0 Å². The van der Waals surface area contributed by atoms with Crippen LogP contribution in [0.25, 0.3) is 0 Å². The lowest BCUT2D eigenvalue weighted by molar-refractivity contribution is -0.0928. The Morgan fingerprint density at radius 1 is 1.17 bits per heavy atom. The molecule has 1 aromatic carbocycles. The first kappa shape index (κ1) is 9.58. The molecule has 0 nitrogen and oxygen atoms in total. The first-order valence-electron chi connectivity index (χ1n) is 3.16. The van der Waals surface area contributed by atoms with Gasteiger partial charge in [0.2, 0.25) is 0 Å². The van der Waals surface area contributed by atoms with Gasteiger partial charge in [-0.25, -0.2) is 0 Å². The molecule has 0 spiro atoms. The maximum absolute atomic E-state index is 11.8. The highest BCUT2D eigenvalue weighted by molar-refractivity contribution is 9.10. The fraction of sp³-hybridized carbons (Fsp3) is 0.125. The van der Waals surface area contributed by atoms with Crippen molar-refractivity contribution in [1.82, 2.24) is 0 Å². The summed E-state index contributed by atoms with van der Waals surface area (Å²) in [6, 6.07) is 6.19. The van der Waals surface area contributed by atoms with Crippen molar-refractivity contribution in [2.75, 3.05) is 0 Å². The molecule has 12 heavy (non-hydrogen) atoms. The van der Waals surface area contributed by atoms with Crippen LogP contribution >= 0.6 is 15.9 Å². The van der Waals surface area contributed by atoms with Gasteiger partial charge in [0.25, 0.3) is 0 Å². The highest BCUT2D eigenvalue weighted by Crippen LogP contribution is 2.27. The third-order valence-electron chi connectivity index (χ3n) is 1.22. The lowest BCUT2D eigenvalue weighted by Crippen LogP contribution is -2.08. The molecular formula is C8H5BrF3. The standard InChI is InChI=1S/C8H5BrF3/c9-7-4-2-1-3-6(7)5-8(10,11)12/h1-5H. The van der Waals surface area contributed by atoms with Crippen LogP contribution in [0, 0.1) is 6.42 Å².